The minimum absolute atomic E-state index is 0.438. The van der Waals surface area contributed by atoms with Gasteiger partial charge in [0.1, 0.15) is 5.75 Å². The number of ether oxygens (including phenoxy) is 1. The minimum Gasteiger partial charge on any atom is -0.505 e. The van der Waals surface area contributed by atoms with Crippen molar-refractivity contribution in [3.05, 3.63) is 59.9 Å². The second-order valence-electron chi connectivity index (χ2n) is 4.17. The van der Waals surface area contributed by atoms with Gasteiger partial charge in [0.25, 0.3) is 0 Å². The van der Waals surface area contributed by atoms with Crippen molar-refractivity contribution in [3.8, 4) is 11.5 Å². The molecule has 2 aromatic rings. The normalized spacial score (nSPS) is 11.9. The molecule has 98 valence electrons. The van der Waals surface area contributed by atoms with E-state index in [1.165, 1.54) is 12.1 Å². The molecule has 1 N–H and O–H groups in total. The van der Waals surface area contributed by atoms with Gasteiger partial charge < -0.3 is 9.84 Å². The maximum atomic E-state index is 13.2. The van der Waals surface area contributed by atoms with Crippen molar-refractivity contribution in [2.24, 2.45) is 0 Å². The molecule has 0 saturated carbocycles. The third kappa shape index (κ3) is 3.10. The summed E-state index contributed by atoms with van der Waals surface area (Å²) in [7, 11) is 0. The van der Waals surface area contributed by atoms with Crippen LogP contribution in [-0.4, -0.2) is 11.1 Å². The Morgan fingerprint density at radius 3 is 2.53 bits per heavy atom. The molecule has 0 bridgehead atoms. The molecule has 0 fully saturated rings. The minimum atomic E-state index is -0.753. The van der Waals surface area contributed by atoms with E-state index in [-0.39, 0.29) is 0 Å². The Balaban J connectivity index is 2.12. The van der Waals surface area contributed by atoms with Crippen LogP contribution in [0.1, 0.15) is 18.4 Å². The highest BCUT2D eigenvalue weighted by molar-refractivity contribution is 5.79. The van der Waals surface area contributed by atoms with Crippen LogP contribution in [-0.2, 0) is 4.79 Å². The summed E-state index contributed by atoms with van der Waals surface area (Å²) >= 11 is 0. The molecule has 2 aromatic carbocycles. The lowest BCUT2D eigenvalue weighted by molar-refractivity contribution is -0.135. The number of phenolic OH excluding ortho intramolecular Hbond substituents is 1. The first-order valence-corrected chi connectivity index (χ1v) is 5.83. The largest absolute Gasteiger partial charge is 0.505 e. The molecule has 0 amide bonds. The van der Waals surface area contributed by atoms with Crippen LogP contribution < -0.4 is 4.74 Å². The van der Waals surface area contributed by atoms with Crippen LogP contribution in [0.15, 0.2) is 48.5 Å². The number of aromatic hydroxyl groups is 1. The van der Waals surface area contributed by atoms with E-state index in [2.05, 4.69) is 0 Å². The zero-order valence-corrected chi connectivity index (χ0v) is 10.3. The average molecular weight is 260 g/mol. The molecule has 0 spiro atoms. The molecule has 0 aliphatic carbocycles. The van der Waals surface area contributed by atoms with E-state index in [0.29, 0.717) is 11.3 Å². The third-order valence-corrected chi connectivity index (χ3v) is 2.79. The van der Waals surface area contributed by atoms with E-state index in [0.717, 1.165) is 6.07 Å². The highest BCUT2D eigenvalue weighted by atomic mass is 19.1. The van der Waals surface area contributed by atoms with E-state index >= 15 is 0 Å². The molecule has 3 nitrogen and oxygen atoms in total. The van der Waals surface area contributed by atoms with Gasteiger partial charge in [0.15, 0.2) is 11.6 Å². The van der Waals surface area contributed by atoms with Crippen LogP contribution in [0.2, 0.25) is 0 Å². The summed E-state index contributed by atoms with van der Waals surface area (Å²) < 4.78 is 18.4. The van der Waals surface area contributed by atoms with Gasteiger partial charge in [0.05, 0.1) is 5.92 Å². The first-order chi connectivity index (χ1) is 9.08. The lowest BCUT2D eigenvalue weighted by atomic mass is 10.0. The molecule has 0 radical (unpaired) electrons. The number of hydrogen-bond acceptors (Lipinski definition) is 3. The third-order valence-electron chi connectivity index (χ3n) is 2.79. The predicted molar refractivity (Wildman–Crippen MR) is 68.6 cm³/mol. The number of para-hydroxylation sites is 1. The zero-order chi connectivity index (χ0) is 13.8. The topological polar surface area (TPSA) is 46.5 Å². The van der Waals surface area contributed by atoms with Gasteiger partial charge in [-0.25, -0.2) is 4.39 Å². The number of phenols is 1. The smallest absolute Gasteiger partial charge is 0.318 e. The highest BCUT2D eigenvalue weighted by Gasteiger charge is 2.18. The van der Waals surface area contributed by atoms with Crippen molar-refractivity contribution in [2.45, 2.75) is 12.8 Å². The van der Waals surface area contributed by atoms with Gasteiger partial charge in [-0.1, -0.05) is 24.3 Å². The second-order valence-corrected chi connectivity index (χ2v) is 4.17. The van der Waals surface area contributed by atoms with Gasteiger partial charge in [-0.15, -0.1) is 0 Å². The summed E-state index contributed by atoms with van der Waals surface area (Å²) in [5.41, 5.74) is 0.455. The van der Waals surface area contributed by atoms with E-state index in [9.17, 15) is 9.18 Å². The van der Waals surface area contributed by atoms with E-state index in [1.807, 2.05) is 6.07 Å². The summed E-state index contributed by atoms with van der Waals surface area (Å²) in [5.74, 6) is -1.84. The molecule has 0 aromatic heterocycles. The molecular formula is C15H13FO3. The van der Waals surface area contributed by atoms with Crippen molar-refractivity contribution >= 4 is 5.97 Å². The average Bonchev–Trinajstić information content (AvgIpc) is 2.42. The van der Waals surface area contributed by atoms with Crippen LogP contribution in [0.3, 0.4) is 0 Å². The van der Waals surface area contributed by atoms with Gasteiger partial charge in [-0.2, -0.15) is 0 Å². The maximum Gasteiger partial charge on any atom is 0.318 e. The molecule has 1 unspecified atom stereocenters. The standard InChI is InChI=1S/C15H13FO3/c1-10(11-7-8-14(17)13(16)9-11)15(18)19-12-5-3-2-4-6-12/h2-10,17H,1H3. The van der Waals surface area contributed by atoms with Gasteiger partial charge in [-0.05, 0) is 36.8 Å². The molecule has 1 atom stereocenters. The van der Waals surface area contributed by atoms with Crippen LogP contribution in [0, 0.1) is 5.82 Å². The van der Waals surface area contributed by atoms with Gasteiger partial charge in [0, 0.05) is 0 Å². The Hall–Kier alpha value is -2.36. The number of hydrogen-bond donors (Lipinski definition) is 1. The SMILES string of the molecule is CC(C(=O)Oc1ccccc1)c1ccc(O)c(F)c1. The Morgan fingerprint density at radius 2 is 1.89 bits per heavy atom. The van der Waals surface area contributed by atoms with E-state index in [1.54, 1.807) is 31.2 Å². The first-order valence-electron chi connectivity index (χ1n) is 5.83. The second kappa shape index (κ2) is 5.52. The zero-order valence-electron chi connectivity index (χ0n) is 10.3. The Morgan fingerprint density at radius 1 is 1.21 bits per heavy atom. The predicted octanol–water partition coefficient (Wildman–Crippen LogP) is 3.24. The molecule has 4 heteroatoms. The summed E-state index contributed by atoms with van der Waals surface area (Å²) in [6.07, 6.45) is 0. The fourth-order valence-electron chi connectivity index (χ4n) is 1.62. The Labute approximate surface area is 110 Å². The maximum absolute atomic E-state index is 13.2. The monoisotopic (exact) mass is 260 g/mol. The van der Waals surface area contributed by atoms with Crippen molar-refractivity contribution < 1.29 is 19.0 Å². The molecule has 0 saturated heterocycles. The number of rotatable bonds is 3. The number of halogens is 1. The molecule has 19 heavy (non-hydrogen) atoms. The van der Waals surface area contributed by atoms with Crippen LogP contribution in [0.4, 0.5) is 4.39 Å². The Bertz CT molecular complexity index is 581. The fourth-order valence-corrected chi connectivity index (χ4v) is 1.62. The molecule has 2 rings (SSSR count). The summed E-state index contributed by atoms with van der Waals surface area (Å²) in [6.45, 7) is 1.62. The molecular weight excluding hydrogens is 247 g/mol. The highest BCUT2D eigenvalue weighted by Crippen LogP contribution is 2.23. The quantitative estimate of drug-likeness (QED) is 0.680. The molecule has 0 aliphatic rings. The van der Waals surface area contributed by atoms with Crippen LogP contribution in [0.25, 0.3) is 0 Å². The van der Waals surface area contributed by atoms with E-state index in [4.69, 9.17) is 9.84 Å². The summed E-state index contributed by atoms with van der Waals surface area (Å²) in [6, 6.07) is 12.5. The van der Waals surface area contributed by atoms with Gasteiger partial charge >= 0.3 is 5.97 Å². The van der Waals surface area contributed by atoms with Crippen LogP contribution in [0.5, 0.6) is 11.5 Å². The lowest BCUT2D eigenvalue weighted by Crippen LogP contribution is -2.16. The number of benzene rings is 2. The molecule has 0 aliphatic heterocycles. The number of carbonyl (C=O) groups excluding carboxylic acids is 1. The van der Waals surface area contributed by atoms with Gasteiger partial charge in [-0.3, -0.25) is 4.79 Å². The van der Waals surface area contributed by atoms with Crippen molar-refractivity contribution in [1.82, 2.24) is 0 Å². The summed E-state index contributed by atoms with van der Waals surface area (Å²) in [5, 5.41) is 9.11. The Kier molecular flexibility index (Phi) is 3.80. The number of esters is 1. The van der Waals surface area contributed by atoms with Crippen LogP contribution >= 0.6 is 0 Å². The number of carbonyl (C=O) groups is 1. The lowest BCUT2D eigenvalue weighted by Gasteiger charge is -2.11. The van der Waals surface area contributed by atoms with Crippen molar-refractivity contribution in [3.63, 3.8) is 0 Å². The summed E-state index contributed by atoms with van der Waals surface area (Å²) in [4.78, 5) is 11.9. The van der Waals surface area contributed by atoms with Gasteiger partial charge in [0.2, 0.25) is 0 Å². The van der Waals surface area contributed by atoms with Crippen molar-refractivity contribution in [2.75, 3.05) is 0 Å². The molecule has 0 heterocycles. The fraction of sp³-hybridized carbons (Fsp3) is 0.133. The van der Waals surface area contributed by atoms with E-state index < -0.39 is 23.5 Å². The first kappa shape index (κ1) is 13.1. The van der Waals surface area contributed by atoms with Crippen molar-refractivity contribution in [1.29, 1.82) is 0 Å².